The minimum Gasteiger partial charge on any atom is -0.265 e. The first kappa shape index (κ1) is 22.3. The summed E-state index contributed by atoms with van der Waals surface area (Å²) in [5.41, 5.74) is 3.27. The van der Waals surface area contributed by atoms with Gasteiger partial charge in [0.15, 0.2) is 23.3 Å². The molecule has 0 atom stereocenters. The van der Waals surface area contributed by atoms with E-state index in [0.29, 0.717) is 17.0 Å². The molecule has 35 heavy (non-hydrogen) atoms. The normalized spacial score (nSPS) is 11.0. The van der Waals surface area contributed by atoms with E-state index in [1.54, 1.807) is 36.9 Å². The molecule has 5 rings (SSSR count). The van der Waals surface area contributed by atoms with Crippen LogP contribution in [0, 0.1) is 29.1 Å². The highest BCUT2D eigenvalue weighted by molar-refractivity contribution is 5.78. The molecule has 8 heteroatoms. The van der Waals surface area contributed by atoms with Crippen molar-refractivity contribution in [2.24, 2.45) is 0 Å². The lowest BCUT2D eigenvalue weighted by Gasteiger charge is -2.12. The summed E-state index contributed by atoms with van der Waals surface area (Å²) < 4.78 is 69.3. The third-order valence-electron chi connectivity index (χ3n) is 5.49. The maximum absolute atomic E-state index is 14.3. The molecular formula is C27H14F5N3. The molecule has 3 nitrogen and oxygen atoms in total. The van der Waals surface area contributed by atoms with Gasteiger partial charge in [-0.3, -0.25) is 9.97 Å². The van der Waals surface area contributed by atoms with E-state index in [9.17, 15) is 22.0 Å². The molecule has 3 aromatic heterocycles. The van der Waals surface area contributed by atoms with Crippen LogP contribution < -0.4 is 0 Å². The van der Waals surface area contributed by atoms with Crippen molar-refractivity contribution in [3.05, 3.63) is 115 Å². The van der Waals surface area contributed by atoms with Crippen molar-refractivity contribution in [1.29, 1.82) is 0 Å². The van der Waals surface area contributed by atoms with E-state index in [0.717, 1.165) is 16.7 Å². The van der Waals surface area contributed by atoms with Crippen LogP contribution in [0.3, 0.4) is 0 Å². The lowest BCUT2D eigenvalue weighted by Crippen LogP contribution is -2.03. The summed E-state index contributed by atoms with van der Waals surface area (Å²) in [6, 6.07) is 16.7. The molecule has 3 heterocycles. The van der Waals surface area contributed by atoms with Crippen molar-refractivity contribution >= 4 is 0 Å². The van der Waals surface area contributed by atoms with E-state index in [1.165, 1.54) is 12.1 Å². The third-order valence-corrected chi connectivity index (χ3v) is 5.49. The molecule has 0 aliphatic carbocycles. The fourth-order valence-electron chi connectivity index (χ4n) is 3.73. The van der Waals surface area contributed by atoms with Gasteiger partial charge in [0.1, 0.15) is 0 Å². The van der Waals surface area contributed by atoms with Gasteiger partial charge >= 0.3 is 0 Å². The highest BCUT2D eigenvalue weighted by atomic mass is 19.2. The van der Waals surface area contributed by atoms with E-state index in [1.807, 2.05) is 36.4 Å². The summed E-state index contributed by atoms with van der Waals surface area (Å²) in [7, 11) is 0. The van der Waals surface area contributed by atoms with Gasteiger partial charge in [0.05, 0.1) is 17.0 Å². The number of nitrogens with zero attached hydrogens (tertiary/aromatic N) is 3. The van der Waals surface area contributed by atoms with Crippen LogP contribution in [0.1, 0.15) is 0 Å². The van der Waals surface area contributed by atoms with Crippen LogP contribution in [0.4, 0.5) is 22.0 Å². The van der Waals surface area contributed by atoms with Gasteiger partial charge in [-0.25, -0.2) is 26.9 Å². The largest absolute Gasteiger partial charge is 0.265 e. The van der Waals surface area contributed by atoms with E-state index < -0.39 is 34.6 Å². The molecule has 0 amide bonds. The van der Waals surface area contributed by atoms with Crippen LogP contribution in [-0.2, 0) is 0 Å². The number of halogens is 5. The van der Waals surface area contributed by atoms with Crippen molar-refractivity contribution in [3.63, 3.8) is 0 Å². The minimum absolute atomic E-state index is 0.140. The molecule has 0 unspecified atom stereocenters. The van der Waals surface area contributed by atoms with Gasteiger partial charge in [-0.2, -0.15) is 0 Å². The number of pyridine rings is 3. The zero-order chi connectivity index (χ0) is 24.5. The Bertz CT molecular complexity index is 1440. The monoisotopic (exact) mass is 475 g/mol. The van der Waals surface area contributed by atoms with Gasteiger partial charge in [0, 0.05) is 35.9 Å². The topological polar surface area (TPSA) is 38.7 Å². The lowest BCUT2D eigenvalue weighted by atomic mass is 9.97. The number of benzene rings is 2. The summed E-state index contributed by atoms with van der Waals surface area (Å²) in [5, 5.41) is 0. The number of hydrogen-bond acceptors (Lipinski definition) is 3. The van der Waals surface area contributed by atoms with Crippen molar-refractivity contribution in [3.8, 4) is 44.8 Å². The molecule has 0 aliphatic heterocycles. The Morgan fingerprint density at radius 3 is 1.26 bits per heavy atom. The Kier molecular flexibility index (Phi) is 5.78. The summed E-state index contributed by atoms with van der Waals surface area (Å²) in [6.45, 7) is 0. The Hall–Kier alpha value is -4.46. The first-order valence-corrected chi connectivity index (χ1v) is 10.4. The molecule has 5 aromatic rings. The fraction of sp³-hybridized carbons (Fsp3) is 0. The second kappa shape index (κ2) is 9.06. The number of hydrogen-bond donors (Lipinski definition) is 0. The second-order valence-electron chi connectivity index (χ2n) is 7.62. The van der Waals surface area contributed by atoms with Crippen molar-refractivity contribution < 1.29 is 22.0 Å². The first-order valence-electron chi connectivity index (χ1n) is 10.4. The Labute approximate surface area is 196 Å². The van der Waals surface area contributed by atoms with E-state index in [-0.39, 0.29) is 5.56 Å². The summed E-state index contributed by atoms with van der Waals surface area (Å²) in [4.78, 5) is 12.8. The molecule has 0 aliphatic rings. The smallest absolute Gasteiger partial charge is 0.200 e. The highest BCUT2D eigenvalue weighted by Crippen LogP contribution is 2.34. The minimum atomic E-state index is -2.19. The fourth-order valence-corrected chi connectivity index (χ4v) is 3.73. The van der Waals surface area contributed by atoms with Crippen LogP contribution in [0.15, 0.2) is 85.5 Å². The molecule has 0 radical (unpaired) electrons. The molecule has 0 spiro atoms. The maximum atomic E-state index is 14.3. The molecule has 172 valence electrons. The molecule has 0 saturated carbocycles. The maximum Gasteiger partial charge on any atom is 0.200 e. The van der Waals surface area contributed by atoms with E-state index in [2.05, 4.69) is 9.97 Å². The van der Waals surface area contributed by atoms with Gasteiger partial charge in [0.2, 0.25) is 5.82 Å². The zero-order valence-corrected chi connectivity index (χ0v) is 17.8. The molecule has 0 fully saturated rings. The molecule has 0 saturated heterocycles. The molecule has 2 aromatic carbocycles. The second-order valence-corrected chi connectivity index (χ2v) is 7.62. The quantitative estimate of drug-likeness (QED) is 0.156. The van der Waals surface area contributed by atoms with Crippen molar-refractivity contribution in [2.45, 2.75) is 0 Å². The third kappa shape index (κ3) is 4.14. The molecule has 0 bridgehead atoms. The molecule has 0 N–H and O–H groups in total. The Balaban J connectivity index is 1.62. The highest BCUT2D eigenvalue weighted by Gasteiger charge is 2.26. The van der Waals surface area contributed by atoms with Crippen LogP contribution >= 0.6 is 0 Å². The van der Waals surface area contributed by atoms with Crippen LogP contribution in [0.5, 0.6) is 0 Å². The van der Waals surface area contributed by atoms with Crippen LogP contribution in [0.2, 0.25) is 0 Å². The number of rotatable bonds is 4. The van der Waals surface area contributed by atoms with Crippen molar-refractivity contribution in [1.82, 2.24) is 15.0 Å². The van der Waals surface area contributed by atoms with Gasteiger partial charge in [-0.05, 0) is 53.1 Å². The molecular weight excluding hydrogens is 461 g/mol. The van der Waals surface area contributed by atoms with E-state index >= 15 is 0 Å². The van der Waals surface area contributed by atoms with Crippen LogP contribution in [0.25, 0.3) is 44.8 Å². The average molecular weight is 475 g/mol. The summed E-state index contributed by atoms with van der Waals surface area (Å²) >= 11 is 0. The van der Waals surface area contributed by atoms with Gasteiger partial charge in [0.25, 0.3) is 0 Å². The first-order chi connectivity index (χ1) is 16.9. The lowest BCUT2D eigenvalue weighted by molar-refractivity contribution is 0.381. The predicted molar refractivity (Wildman–Crippen MR) is 121 cm³/mol. The Morgan fingerprint density at radius 2 is 0.800 bits per heavy atom. The van der Waals surface area contributed by atoms with Gasteiger partial charge in [-0.1, -0.05) is 24.3 Å². The van der Waals surface area contributed by atoms with E-state index in [4.69, 9.17) is 4.98 Å². The predicted octanol–water partition coefficient (Wildman–Crippen LogP) is 7.24. The zero-order valence-electron chi connectivity index (χ0n) is 17.8. The Morgan fingerprint density at radius 1 is 0.400 bits per heavy atom. The van der Waals surface area contributed by atoms with Gasteiger partial charge in [-0.15, -0.1) is 0 Å². The van der Waals surface area contributed by atoms with Crippen LogP contribution in [-0.4, -0.2) is 15.0 Å². The summed E-state index contributed by atoms with van der Waals surface area (Å²) in [6.07, 6.45) is 6.59. The van der Waals surface area contributed by atoms with Crippen molar-refractivity contribution in [2.75, 3.05) is 0 Å². The van der Waals surface area contributed by atoms with Gasteiger partial charge < -0.3 is 0 Å². The average Bonchev–Trinajstić information content (AvgIpc) is 2.92. The summed E-state index contributed by atoms with van der Waals surface area (Å²) in [5.74, 6) is -9.91. The number of aromatic nitrogens is 3. The standard InChI is InChI=1S/C27H14F5N3/c28-23-22(24(29)26(31)27(32)25(23)30)18-3-1-15(2-4-18)19-13-20(16-5-9-33-10-6-16)35-21(14-19)17-7-11-34-12-8-17/h1-14H. The SMILES string of the molecule is Fc1c(F)c(F)c(-c2ccc(-c3cc(-c4ccncc4)nc(-c4ccncc4)c3)cc2)c(F)c1F.